The van der Waals surface area contributed by atoms with Crippen molar-refractivity contribution in [2.45, 2.75) is 59.4 Å². The highest BCUT2D eigenvalue weighted by Crippen LogP contribution is 2.35. The van der Waals surface area contributed by atoms with Gasteiger partial charge in [-0.25, -0.2) is 9.78 Å². The molecule has 3 aromatic heterocycles. The van der Waals surface area contributed by atoms with Gasteiger partial charge in [0, 0.05) is 36.0 Å². The van der Waals surface area contributed by atoms with Crippen molar-refractivity contribution < 1.29 is 19.7 Å². The van der Waals surface area contributed by atoms with E-state index in [9.17, 15) is 15.0 Å². The van der Waals surface area contributed by atoms with Crippen LogP contribution < -0.4 is 10.1 Å². The van der Waals surface area contributed by atoms with E-state index < -0.39 is 11.8 Å². The third-order valence-corrected chi connectivity index (χ3v) is 5.96. The fraction of sp³-hybridized carbons (Fsp3) is 0.440. The van der Waals surface area contributed by atoms with Crippen LogP contribution in [-0.2, 0) is 6.54 Å². The highest BCUT2D eigenvalue weighted by molar-refractivity contribution is 5.88. The van der Waals surface area contributed by atoms with Crippen molar-refractivity contribution in [3.8, 4) is 22.8 Å². The first kappa shape index (κ1) is 24.6. The number of pyridine rings is 2. The second-order valence-corrected chi connectivity index (χ2v) is 10.2. The van der Waals surface area contributed by atoms with Crippen molar-refractivity contribution in [2.75, 3.05) is 11.9 Å². The van der Waals surface area contributed by atoms with Crippen molar-refractivity contribution in [2.24, 2.45) is 5.41 Å². The average molecular weight is 481 g/mol. The standard InChI is InChI=1S/C25H32N6O4/c1-16-20(6-7-21(28-16)29-23(33)31-11-9-24(2,3)22(31)32)35-18-8-10-26-19(12-18)17-13-27-30(14-17)15-25(4,5)34/h6-8,10,12-14,22,32,34H,9,11,15H2,1-5H3,(H,28,29,33). The Morgan fingerprint density at radius 2 is 2.09 bits per heavy atom. The van der Waals surface area contributed by atoms with Gasteiger partial charge in [0.1, 0.15) is 23.5 Å². The lowest BCUT2D eigenvalue weighted by molar-refractivity contribution is -0.00118. The largest absolute Gasteiger partial charge is 0.455 e. The summed E-state index contributed by atoms with van der Waals surface area (Å²) in [5.74, 6) is 1.50. The number of aliphatic hydroxyl groups is 2. The third-order valence-electron chi connectivity index (χ3n) is 5.96. The maximum atomic E-state index is 12.6. The number of nitrogens with one attached hydrogen (secondary N) is 1. The van der Waals surface area contributed by atoms with E-state index in [-0.39, 0.29) is 11.4 Å². The van der Waals surface area contributed by atoms with Crippen molar-refractivity contribution in [3.05, 3.63) is 48.5 Å². The molecule has 0 saturated carbocycles. The van der Waals surface area contributed by atoms with Crippen LogP contribution in [0, 0.1) is 12.3 Å². The first-order valence-corrected chi connectivity index (χ1v) is 11.5. The summed E-state index contributed by atoms with van der Waals surface area (Å²) in [5.41, 5.74) is 0.880. The van der Waals surface area contributed by atoms with Crippen LogP contribution in [0.15, 0.2) is 42.9 Å². The monoisotopic (exact) mass is 480 g/mol. The first-order valence-electron chi connectivity index (χ1n) is 11.5. The smallest absolute Gasteiger partial charge is 0.325 e. The zero-order chi connectivity index (χ0) is 25.4. The van der Waals surface area contributed by atoms with Crippen LogP contribution in [0.2, 0.25) is 0 Å². The minimum absolute atomic E-state index is 0.337. The molecule has 0 aromatic carbocycles. The molecule has 3 aromatic rings. The number of hydrogen-bond acceptors (Lipinski definition) is 7. The Morgan fingerprint density at radius 3 is 2.74 bits per heavy atom. The SMILES string of the molecule is Cc1nc(NC(=O)N2CCC(C)(C)C2O)ccc1Oc1ccnc(-c2cnn(CC(C)(C)O)c2)c1. The lowest BCUT2D eigenvalue weighted by Crippen LogP contribution is -2.42. The summed E-state index contributed by atoms with van der Waals surface area (Å²) in [6, 6.07) is 6.57. The molecule has 1 atom stereocenters. The number of aromatic nitrogens is 4. The number of nitrogens with zero attached hydrogens (tertiary/aromatic N) is 5. The molecule has 2 amide bonds. The molecule has 1 saturated heterocycles. The predicted octanol–water partition coefficient (Wildman–Crippen LogP) is 3.79. The number of hydrogen-bond donors (Lipinski definition) is 3. The van der Waals surface area contributed by atoms with Crippen LogP contribution in [0.4, 0.5) is 10.6 Å². The van der Waals surface area contributed by atoms with Crippen LogP contribution in [0.3, 0.4) is 0 Å². The molecule has 1 aliphatic rings. The maximum absolute atomic E-state index is 12.6. The number of aryl methyl sites for hydroxylation is 1. The Balaban J connectivity index is 1.43. The van der Waals surface area contributed by atoms with Gasteiger partial charge in [0.15, 0.2) is 0 Å². The molecule has 1 unspecified atom stereocenters. The molecular formula is C25H32N6O4. The van der Waals surface area contributed by atoms with E-state index in [1.165, 1.54) is 4.90 Å². The van der Waals surface area contributed by atoms with Gasteiger partial charge < -0.3 is 14.9 Å². The minimum Gasteiger partial charge on any atom is -0.455 e. The summed E-state index contributed by atoms with van der Waals surface area (Å²) in [4.78, 5) is 22.9. The summed E-state index contributed by atoms with van der Waals surface area (Å²) < 4.78 is 7.70. The minimum atomic E-state index is -0.872. The number of aliphatic hydroxyl groups excluding tert-OH is 1. The van der Waals surface area contributed by atoms with Gasteiger partial charge in [-0.3, -0.25) is 19.9 Å². The van der Waals surface area contributed by atoms with Crippen molar-refractivity contribution in [3.63, 3.8) is 0 Å². The number of amides is 2. The Morgan fingerprint density at radius 1 is 1.31 bits per heavy atom. The normalized spacial score (nSPS) is 17.5. The van der Waals surface area contributed by atoms with E-state index >= 15 is 0 Å². The number of carbonyl (C=O) groups excluding carboxylic acids is 1. The van der Waals surface area contributed by atoms with Crippen LogP contribution in [-0.4, -0.2) is 59.3 Å². The zero-order valence-electron chi connectivity index (χ0n) is 20.7. The lowest BCUT2D eigenvalue weighted by atomic mass is 9.91. The zero-order valence-corrected chi connectivity index (χ0v) is 20.7. The van der Waals surface area contributed by atoms with Crippen LogP contribution in [0.1, 0.15) is 39.8 Å². The van der Waals surface area contributed by atoms with Gasteiger partial charge in [-0.05, 0) is 45.4 Å². The van der Waals surface area contributed by atoms with E-state index in [2.05, 4.69) is 20.4 Å². The third kappa shape index (κ3) is 5.77. The molecule has 0 aliphatic carbocycles. The molecular weight excluding hydrogens is 448 g/mol. The topological polar surface area (TPSA) is 126 Å². The fourth-order valence-electron chi connectivity index (χ4n) is 3.94. The molecule has 35 heavy (non-hydrogen) atoms. The first-order chi connectivity index (χ1) is 16.4. The number of anilines is 1. The van der Waals surface area contributed by atoms with E-state index in [0.717, 1.165) is 12.0 Å². The second-order valence-electron chi connectivity index (χ2n) is 10.2. The van der Waals surface area contributed by atoms with E-state index in [1.54, 1.807) is 62.1 Å². The van der Waals surface area contributed by atoms with Crippen molar-refractivity contribution >= 4 is 11.8 Å². The second kappa shape index (κ2) is 9.27. The maximum Gasteiger partial charge on any atom is 0.325 e. The quantitative estimate of drug-likeness (QED) is 0.490. The molecule has 186 valence electrons. The Kier molecular flexibility index (Phi) is 6.52. The molecule has 10 heteroatoms. The summed E-state index contributed by atoms with van der Waals surface area (Å²) in [6.45, 7) is 9.97. The molecule has 3 N–H and O–H groups in total. The molecule has 10 nitrogen and oxygen atoms in total. The van der Waals surface area contributed by atoms with Gasteiger partial charge in [-0.1, -0.05) is 13.8 Å². The predicted molar refractivity (Wildman–Crippen MR) is 131 cm³/mol. The fourth-order valence-corrected chi connectivity index (χ4v) is 3.94. The Bertz CT molecular complexity index is 1220. The van der Waals surface area contributed by atoms with Gasteiger partial charge in [0.2, 0.25) is 0 Å². The van der Waals surface area contributed by atoms with Crippen molar-refractivity contribution in [1.82, 2.24) is 24.6 Å². The number of urea groups is 1. The highest BCUT2D eigenvalue weighted by atomic mass is 16.5. The lowest BCUT2D eigenvalue weighted by Gasteiger charge is -2.27. The number of likely N-dealkylation sites (tertiary alicyclic amines) is 1. The van der Waals surface area contributed by atoms with Gasteiger partial charge in [-0.2, -0.15) is 5.10 Å². The van der Waals surface area contributed by atoms with E-state index in [1.807, 2.05) is 20.0 Å². The van der Waals surface area contributed by atoms with Crippen LogP contribution in [0.25, 0.3) is 11.3 Å². The number of carbonyl (C=O) groups is 1. The van der Waals surface area contributed by atoms with Gasteiger partial charge >= 0.3 is 6.03 Å². The Labute approximate surface area is 204 Å². The number of ether oxygens (including phenoxy) is 1. The molecule has 0 radical (unpaired) electrons. The molecule has 4 heterocycles. The Hall–Kier alpha value is -3.50. The van der Waals surface area contributed by atoms with Gasteiger partial charge in [0.05, 0.1) is 29.7 Å². The van der Waals surface area contributed by atoms with E-state index in [4.69, 9.17) is 4.74 Å². The van der Waals surface area contributed by atoms with Crippen LogP contribution >= 0.6 is 0 Å². The number of rotatable bonds is 6. The van der Waals surface area contributed by atoms with Crippen molar-refractivity contribution in [1.29, 1.82) is 0 Å². The molecule has 0 spiro atoms. The average Bonchev–Trinajstić information content (AvgIpc) is 3.33. The molecule has 4 rings (SSSR count). The summed E-state index contributed by atoms with van der Waals surface area (Å²) in [6.07, 6.45) is 5.06. The van der Waals surface area contributed by atoms with Crippen LogP contribution in [0.5, 0.6) is 11.5 Å². The summed E-state index contributed by atoms with van der Waals surface area (Å²) in [7, 11) is 0. The van der Waals surface area contributed by atoms with E-state index in [0.29, 0.717) is 41.8 Å². The highest BCUT2D eigenvalue weighted by Gasteiger charge is 2.41. The van der Waals surface area contributed by atoms with Gasteiger partial charge in [-0.15, -0.1) is 0 Å². The molecule has 1 fully saturated rings. The molecule has 1 aliphatic heterocycles. The van der Waals surface area contributed by atoms with Gasteiger partial charge in [0.25, 0.3) is 0 Å². The molecule has 0 bridgehead atoms. The summed E-state index contributed by atoms with van der Waals surface area (Å²) >= 11 is 0. The summed E-state index contributed by atoms with van der Waals surface area (Å²) in [5, 5.41) is 27.4.